The molecule has 0 aliphatic carbocycles. The molecule has 0 fully saturated rings. The normalized spacial score (nSPS) is 11.1. The predicted octanol–water partition coefficient (Wildman–Crippen LogP) is 3.29. The number of hydrogen-bond donors (Lipinski definition) is 1. The van der Waals surface area contributed by atoms with E-state index in [1.807, 2.05) is 36.4 Å². The van der Waals surface area contributed by atoms with Crippen molar-refractivity contribution in [1.82, 2.24) is 10.2 Å². The number of nitrogens with zero attached hydrogens (tertiary/aromatic N) is 1. The van der Waals surface area contributed by atoms with Gasteiger partial charge in [0, 0.05) is 18.7 Å². The maximum Gasteiger partial charge on any atom is 0.308 e. The Morgan fingerprint density at radius 3 is 2.07 bits per heavy atom. The average molecular weight is 406 g/mol. The summed E-state index contributed by atoms with van der Waals surface area (Å²) in [5, 5.41) is 2.87. The van der Waals surface area contributed by atoms with Gasteiger partial charge >= 0.3 is 5.97 Å². The SMILES string of the molecule is C=CCN(CC=C)C(=O)COC(=O)C[C@@H](NC(=O)c1ccccc1)c1ccccc1. The van der Waals surface area contributed by atoms with E-state index in [1.54, 1.807) is 36.4 Å². The van der Waals surface area contributed by atoms with Gasteiger partial charge in [-0.25, -0.2) is 0 Å². The third-order valence-electron chi connectivity index (χ3n) is 4.32. The van der Waals surface area contributed by atoms with E-state index in [-0.39, 0.29) is 24.8 Å². The van der Waals surface area contributed by atoms with Gasteiger partial charge in [-0.15, -0.1) is 13.2 Å². The van der Waals surface area contributed by atoms with E-state index in [2.05, 4.69) is 18.5 Å². The molecule has 0 bridgehead atoms. The fourth-order valence-electron chi connectivity index (χ4n) is 2.82. The molecule has 0 radical (unpaired) electrons. The molecule has 1 atom stereocenters. The van der Waals surface area contributed by atoms with Gasteiger partial charge in [0.25, 0.3) is 11.8 Å². The molecule has 0 aliphatic rings. The van der Waals surface area contributed by atoms with Crippen LogP contribution in [0.15, 0.2) is 86.0 Å². The third-order valence-corrected chi connectivity index (χ3v) is 4.32. The van der Waals surface area contributed by atoms with Gasteiger partial charge in [0.05, 0.1) is 12.5 Å². The van der Waals surface area contributed by atoms with Crippen LogP contribution >= 0.6 is 0 Å². The lowest BCUT2D eigenvalue weighted by Crippen LogP contribution is -2.35. The van der Waals surface area contributed by atoms with Crippen LogP contribution in [0.5, 0.6) is 0 Å². The molecule has 2 amide bonds. The minimum atomic E-state index is -0.584. The van der Waals surface area contributed by atoms with Crippen LogP contribution in [0.4, 0.5) is 0 Å². The monoisotopic (exact) mass is 406 g/mol. The molecular formula is C24H26N2O4. The van der Waals surface area contributed by atoms with Crippen molar-refractivity contribution in [3.8, 4) is 0 Å². The molecule has 0 aliphatic heterocycles. The zero-order valence-electron chi connectivity index (χ0n) is 16.8. The summed E-state index contributed by atoms with van der Waals surface area (Å²) in [6, 6.07) is 17.3. The number of nitrogens with one attached hydrogen (secondary N) is 1. The van der Waals surface area contributed by atoms with E-state index < -0.39 is 12.0 Å². The summed E-state index contributed by atoms with van der Waals surface area (Å²) in [6.07, 6.45) is 3.08. The Hall–Kier alpha value is -3.67. The lowest BCUT2D eigenvalue weighted by Gasteiger charge is -2.21. The first kappa shape index (κ1) is 22.6. The zero-order chi connectivity index (χ0) is 21.8. The van der Waals surface area contributed by atoms with E-state index in [4.69, 9.17) is 4.74 Å². The van der Waals surface area contributed by atoms with Crippen LogP contribution in [0.1, 0.15) is 28.4 Å². The van der Waals surface area contributed by atoms with E-state index in [0.717, 1.165) is 5.56 Å². The quantitative estimate of drug-likeness (QED) is 0.459. The van der Waals surface area contributed by atoms with Gasteiger partial charge in [-0.05, 0) is 17.7 Å². The highest BCUT2D eigenvalue weighted by Crippen LogP contribution is 2.18. The fourth-order valence-corrected chi connectivity index (χ4v) is 2.82. The highest BCUT2D eigenvalue weighted by atomic mass is 16.5. The Morgan fingerprint density at radius 2 is 1.50 bits per heavy atom. The van der Waals surface area contributed by atoms with Crippen LogP contribution < -0.4 is 5.32 Å². The smallest absolute Gasteiger partial charge is 0.308 e. The largest absolute Gasteiger partial charge is 0.455 e. The Labute approximate surface area is 176 Å². The standard InChI is InChI=1S/C24H26N2O4/c1-3-15-26(16-4-2)22(27)18-30-23(28)17-21(19-11-7-5-8-12-19)25-24(29)20-13-9-6-10-14-20/h3-14,21H,1-2,15-18H2,(H,25,29)/t21-/m1/s1. The number of esters is 1. The lowest BCUT2D eigenvalue weighted by molar-refractivity contribution is -0.152. The van der Waals surface area contributed by atoms with Crippen LogP contribution in [0.25, 0.3) is 0 Å². The number of carbonyl (C=O) groups excluding carboxylic acids is 3. The molecule has 1 N–H and O–H groups in total. The van der Waals surface area contributed by atoms with Crippen LogP contribution in [0.2, 0.25) is 0 Å². The molecule has 2 aromatic carbocycles. The van der Waals surface area contributed by atoms with Gasteiger partial charge in [-0.3, -0.25) is 14.4 Å². The van der Waals surface area contributed by atoms with Crippen molar-refractivity contribution < 1.29 is 19.1 Å². The molecule has 2 rings (SSSR count). The number of hydrogen-bond acceptors (Lipinski definition) is 4. The Balaban J connectivity index is 2.02. The number of ether oxygens (including phenoxy) is 1. The minimum absolute atomic E-state index is 0.0984. The molecule has 0 saturated heterocycles. The lowest BCUT2D eigenvalue weighted by atomic mass is 10.0. The molecule has 0 aromatic heterocycles. The summed E-state index contributed by atoms with van der Waals surface area (Å²) >= 11 is 0. The second kappa shape index (κ2) is 12.0. The summed E-state index contributed by atoms with van der Waals surface area (Å²) in [4.78, 5) is 38.7. The summed E-state index contributed by atoms with van der Waals surface area (Å²) in [6.45, 7) is 7.51. The Bertz CT molecular complexity index is 855. The van der Waals surface area contributed by atoms with Crippen molar-refractivity contribution in [2.45, 2.75) is 12.5 Å². The summed E-state index contributed by atoms with van der Waals surface area (Å²) in [5.74, 6) is -1.22. The molecule has 0 saturated carbocycles. The van der Waals surface area contributed by atoms with Gasteiger partial charge < -0.3 is 15.0 Å². The highest BCUT2D eigenvalue weighted by Gasteiger charge is 2.21. The first-order chi connectivity index (χ1) is 14.5. The van der Waals surface area contributed by atoms with Gasteiger partial charge in [-0.2, -0.15) is 0 Å². The van der Waals surface area contributed by atoms with Crippen molar-refractivity contribution in [1.29, 1.82) is 0 Å². The van der Waals surface area contributed by atoms with E-state index >= 15 is 0 Å². The third kappa shape index (κ3) is 7.05. The fraction of sp³-hybridized carbons (Fsp3) is 0.208. The molecule has 6 nitrogen and oxygen atoms in total. The Kier molecular flexibility index (Phi) is 9.06. The van der Waals surface area contributed by atoms with E-state index in [0.29, 0.717) is 18.7 Å². The number of benzene rings is 2. The first-order valence-corrected chi connectivity index (χ1v) is 9.61. The van der Waals surface area contributed by atoms with Crippen LogP contribution in [0.3, 0.4) is 0 Å². The molecular weight excluding hydrogens is 380 g/mol. The summed E-state index contributed by atoms with van der Waals surface area (Å²) < 4.78 is 5.17. The second-order valence-corrected chi connectivity index (χ2v) is 6.54. The van der Waals surface area contributed by atoms with Crippen molar-refractivity contribution in [3.63, 3.8) is 0 Å². The highest BCUT2D eigenvalue weighted by molar-refractivity contribution is 5.94. The van der Waals surface area contributed by atoms with Crippen molar-refractivity contribution in [2.24, 2.45) is 0 Å². The van der Waals surface area contributed by atoms with Crippen LogP contribution in [-0.4, -0.2) is 42.4 Å². The van der Waals surface area contributed by atoms with Gasteiger partial charge in [0.2, 0.25) is 0 Å². The average Bonchev–Trinajstić information content (AvgIpc) is 2.78. The topological polar surface area (TPSA) is 75.7 Å². The van der Waals surface area contributed by atoms with Crippen molar-refractivity contribution >= 4 is 17.8 Å². The second-order valence-electron chi connectivity index (χ2n) is 6.54. The summed E-state index contributed by atoms with van der Waals surface area (Å²) in [7, 11) is 0. The Morgan fingerprint density at radius 1 is 0.933 bits per heavy atom. The molecule has 2 aromatic rings. The molecule has 30 heavy (non-hydrogen) atoms. The van der Waals surface area contributed by atoms with Crippen molar-refractivity contribution in [3.05, 3.63) is 97.1 Å². The van der Waals surface area contributed by atoms with E-state index in [9.17, 15) is 14.4 Å². The molecule has 0 unspecified atom stereocenters. The van der Waals surface area contributed by atoms with Gasteiger partial charge in [0.15, 0.2) is 6.61 Å². The first-order valence-electron chi connectivity index (χ1n) is 9.61. The van der Waals surface area contributed by atoms with Gasteiger partial charge in [-0.1, -0.05) is 60.7 Å². The van der Waals surface area contributed by atoms with Crippen LogP contribution in [0, 0.1) is 0 Å². The number of carbonyl (C=O) groups is 3. The molecule has 6 heteroatoms. The molecule has 0 heterocycles. The van der Waals surface area contributed by atoms with E-state index in [1.165, 1.54) is 4.90 Å². The summed E-state index contributed by atoms with van der Waals surface area (Å²) in [5.41, 5.74) is 1.26. The molecule has 0 spiro atoms. The maximum atomic E-state index is 12.6. The van der Waals surface area contributed by atoms with Crippen LogP contribution in [-0.2, 0) is 14.3 Å². The number of rotatable bonds is 11. The van der Waals surface area contributed by atoms with Gasteiger partial charge in [0.1, 0.15) is 0 Å². The zero-order valence-corrected chi connectivity index (χ0v) is 16.8. The maximum absolute atomic E-state index is 12.6. The minimum Gasteiger partial charge on any atom is -0.455 e. The predicted molar refractivity (Wildman–Crippen MR) is 116 cm³/mol. The molecule has 156 valence electrons. The number of amides is 2. The van der Waals surface area contributed by atoms with Crippen molar-refractivity contribution in [2.75, 3.05) is 19.7 Å².